The predicted molar refractivity (Wildman–Crippen MR) is 74.1 cm³/mol. The molecule has 0 aliphatic rings. The molecule has 2 aromatic rings. The van der Waals surface area contributed by atoms with E-state index in [2.05, 4.69) is 24.4 Å². The van der Waals surface area contributed by atoms with Gasteiger partial charge in [-0.2, -0.15) is 5.26 Å². The van der Waals surface area contributed by atoms with Crippen molar-refractivity contribution in [2.24, 2.45) is 0 Å². The van der Waals surface area contributed by atoms with E-state index in [0.717, 1.165) is 5.69 Å². The molecular formula is C14H14N2OS. The molecule has 1 heterocycles. The summed E-state index contributed by atoms with van der Waals surface area (Å²) in [6, 6.07) is 11.9. The van der Waals surface area contributed by atoms with Gasteiger partial charge < -0.3 is 10.1 Å². The van der Waals surface area contributed by atoms with E-state index in [1.54, 1.807) is 24.5 Å². The maximum atomic E-state index is 9.14. The predicted octanol–water partition coefficient (Wildman–Crippen LogP) is 3.80. The Hall–Kier alpha value is -1.99. The molecule has 1 aromatic carbocycles. The number of benzene rings is 1. The molecule has 1 aromatic heterocycles. The second-order valence-corrected chi connectivity index (χ2v) is 4.86. The first kappa shape index (κ1) is 12.5. The number of anilines is 1. The molecule has 92 valence electrons. The highest BCUT2D eigenvalue weighted by molar-refractivity contribution is 7.10. The molecule has 0 saturated heterocycles. The topological polar surface area (TPSA) is 45.0 Å². The van der Waals surface area contributed by atoms with E-state index in [-0.39, 0.29) is 6.04 Å². The molecule has 2 rings (SSSR count). The van der Waals surface area contributed by atoms with Crippen molar-refractivity contribution in [3.05, 3.63) is 46.2 Å². The molecular weight excluding hydrogens is 244 g/mol. The van der Waals surface area contributed by atoms with Crippen LogP contribution in [0, 0.1) is 11.3 Å². The van der Waals surface area contributed by atoms with Crippen LogP contribution in [0.1, 0.15) is 23.4 Å². The van der Waals surface area contributed by atoms with Gasteiger partial charge in [-0.15, -0.1) is 11.3 Å². The Balaban J connectivity index is 2.31. The second kappa shape index (κ2) is 5.56. The third kappa shape index (κ3) is 2.47. The number of nitrogens with zero attached hydrogens (tertiary/aromatic N) is 1. The number of para-hydroxylation sites is 1. The zero-order chi connectivity index (χ0) is 13.0. The van der Waals surface area contributed by atoms with Crippen molar-refractivity contribution in [1.29, 1.82) is 5.26 Å². The zero-order valence-corrected chi connectivity index (χ0v) is 11.1. The largest absolute Gasteiger partial charge is 0.495 e. The van der Waals surface area contributed by atoms with Gasteiger partial charge in [-0.05, 0) is 30.5 Å². The molecule has 3 nitrogen and oxygen atoms in total. The van der Waals surface area contributed by atoms with Crippen molar-refractivity contribution in [3.8, 4) is 11.8 Å². The second-order valence-electron chi connectivity index (χ2n) is 3.88. The standard InChI is InChI=1S/C14H14N2OS/c1-10(13-7-4-8-18-13)16-14-11(9-15)5-3-6-12(14)17-2/h3-8,10,16H,1-2H3. The molecule has 0 aliphatic carbocycles. The Morgan fingerprint density at radius 2 is 2.17 bits per heavy atom. The van der Waals surface area contributed by atoms with Gasteiger partial charge in [0, 0.05) is 4.88 Å². The molecule has 0 fully saturated rings. The molecule has 0 spiro atoms. The van der Waals surface area contributed by atoms with Crippen molar-refractivity contribution >= 4 is 17.0 Å². The smallest absolute Gasteiger partial charge is 0.143 e. The van der Waals surface area contributed by atoms with E-state index in [1.807, 2.05) is 23.6 Å². The molecule has 1 N–H and O–H groups in total. The van der Waals surface area contributed by atoms with Gasteiger partial charge in [0.2, 0.25) is 0 Å². The van der Waals surface area contributed by atoms with Gasteiger partial charge in [0.05, 0.1) is 24.4 Å². The van der Waals surface area contributed by atoms with Crippen LogP contribution in [0.25, 0.3) is 0 Å². The lowest BCUT2D eigenvalue weighted by molar-refractivity contribution is 0.416. The molecule has 18 heavy (non-hydrogen) atoms. The number of nitriles is 1. The van der Waals surface area contributed by atoms with Gasteiger partial charge in [-0.3, -0.25) is 0 Å². The van der Waals surface area contributed by atoms with Crippen LogP contribution < -0.4 is 10.1 Å². The fourth-order valence-corrected chi connectivity index (χ4v) is 2.50. The van der Waals surface area contributed by atoms with Crippen LogP contribution in [0.15, 0.2) is 35.7 Å². The molecule has 0 aliphatic heterocycles. The van der Waals surface area contributed by atoms with Crippen LogP contribution in [0.5, 0.6) is 5.75 Å². The number of rotatable bonds is 4. The molecule has 4 heteroatoms. The van der Waals surface area contributed by atoms with Gasteiger partial charge in [-0.25, -0.2) is 0 Å². The van der Waals surface area contributed by atoms with Gasteiger partial charge in [0.15, 0.2) is 0 Å². The number of hydrogen-bond acceptors (Lipinski definition) is 4. The highest BCUT2D eigenvalue weighted by Crippen LogP contribution is 2.32. The Morgan fingerprint density at radius 3 is 2.78 bits per heavy atom. The average Bonchev–Trinajstić information content (AvgIpc) is 2.93. The molecule has 0 bridgehead atoms. The summed E-state index contributed by atoms with van der Waals surface area (Å²) in [5, 5.41) is 14.5. The molecule has 1 unspecified atom stereocenters. The number of nitrogens with one attached hydrogen (secondary N) is 1. The van der Waals surface area contributed by atoms with Gasteiger partial charge >= 0.3 is 0 Å². The average molecular weight is 258 g/mol. The Labute approximate surface area is 111 Å². The minimum absolute atomic E-state index is 0.147. The lowest BCUT2D eigenvalue weighted by atomic mass is 10.1. The summed E-state index contributed by atoms with van der Waals surface area (Å²) in [6.45, 7) is 2.07. The normalized spacial score (nSPS) is 11.6. The number of methoxy groups -OCH3 is 1. The van der Waals surface area contributed by atoms with E-state index >= 15 is 0 Å². The maximum Gasteiger partial charge on any atom is 0.143 e. The van der Waals surface area contributed by atoms with Crippen LogP contribution >= 0.6 is 11.3 Å². The van der Waals surface area contributed by atoms with E-state index in [9.17, 15) is 0 Å². The Bertz CT molecular complexity index is 558. The molecule has 1 atom stereocenters. The van der Waals surface area contributed by atoms with E-state index in [4.69, 9.17) is 10.00 Å². The minimum atomic E-state index is 0.147. The SMILES string of the molecule is COc1cccc(C#N)c1NC(C)c1cccs1. The maximum absolute atomic E-state index is 9.14. The summed E-state index contributed by atoms with van der Waals surface area (Å²) in [6.07, 6.45) is 0. The Morgan fingerprint density at radius 1 is 1.33 bits per heavy atom. The first-order chi connectivity index (χ1) is 8.76. The van der Waals surface area contributed by atoms with Gasteiger partial charge in [0.1, 0.15) is 11.8 Å². The third-order valence-electron chi connectivity index (χ3n) is 2.70. The summed E-state index contributed by atoms with van der Waals surface area (Å²) < 4.78 is 5.30. The van der Waals surface area contributed by atoms with Crippen molar-refractivity contribution < 1.29 is 4.74 Å². The van der Waals surface area contributed by atoms with Crippen LogP contribution in [0.4, 0.5) is 5.69 Å². The van der Waals surface area contributed by atoms with Crippen molar-refractivity contribution in [3.63, 3.8) is 0 Å². The van der Waals surface area contributed by atoms with Crippen molar-refractivity contribution in [2.45, 2.75) is 13.0 Å². The fraction of sp³-hybridized carbons (Fsp3) is 0.214. The quantitative estimate of drug-likeness (QED) is 0.907. The van der Waals surface area contributed by atoms with E-state index in [1.165, 1.54) is 4.88 Å². The highest BCUT2D eigenvalue weighted by Gasteiger charge is 2.13. The molecule has 0 amide bonds. The van der Waals surface area contributed by atoms with E-state index in [0.29, 0.717) is 11.3 Å². The first-order valence-electron chi connectivity index (χ1n) is 5.63. The summed E-state index contributed by atoms with van der Waals surface area (Å²) in [7, 11) is 1.61. The van der Waals surface area contributed by atoms with Crippen molar-refractivity contribution in [2.75, 3.05) is 12.4 Å². The number of thiophene rings is 1. The fourth-order valence-electron chi connectivity index (χ4n) is 1.77. The van der Waals surface area contributed by atoms with Crippen LogP contribution in [-0.2, 0) is 0 Å². The van der Waals surface area contributed by atoms with Gasteiger partial charge in [0.25, 0.3) is 0 Å². The zero-order valence-electron chi connectivity index (χ0n) is 10.3. The number of ether oxygens (including phenoxy) is 1. The van der Waals surface area contributed by atoms with E-state index < -0.39 is 0 Å². The highest BCUT2D eigenvalue weighted by atomic mass is 32.1. The minimum Gasteiger partial charge on any atom is -0.495 e. The Kier molecular flexibility index (Phi) is 3.85. The number of hydrogen-bond donors (Lipinski definition) is 1. The summed E-state index contributed by atoms with van der Waals surface area (Å²) in [5.74, 6) is 0.692. The van der Waals surface area contributed by atoms with Crippen LogP contribution in [0.3, 0.4) is 0 Å². The summed E-state index contributed by atoms with van der Waals surface area (Å²) in [5.41, 5.74) is 1.35. The van der Waals surface area contributed by atoms with Gasteiger partial charge in [-0.1, -0.05) is 12.1 Å². The van der Waals surface area contributed by atoms with Crippen LogP contribution in [0.2, 0.25) is 0 Å². The summed E-state index contributed by atoms with van der Waals surface area (Å²) >= 11 is 1.69. The lowest BCUT2D eigenvalue weighted by Crippen LogP contribution is -2.07. The monoisotopic (exact) mass is 258 g/mol. The summed E-state index contributed by atoms with van der Waals surface area (Å²) in [4.78, 5) is 1.23. The molecule has 0 saturated carbocycles. The third-order valence-corrected chi connectivity index (χ3v) is 3.75. The van der Waals surface area contributed by atoms with Crippen molar-refractivity contribution in [1.82, 2.24) is 0 Å². The first-order valence-corrected chi connectivity index (χ1v) is 6.51. The van der Waals surface area contributed by atoms with Crippen LogP contribution in [-0.4, -0.2) is 7.11 Å². The lowest BCUT2D eigenvalue weighted by Gasteiger charge is -2.17. The molecule has 0 radical (unpaired) electrons.